The number of aromatic nitrogens is 1. The fourth-order valence-corrected chi connectivity index (χ4v) is 3.25. The molecule has 0 bridgehead atoms. The molecule has 0 atom stereocenters. The first-order valence-corrected chi connectivity index (χ1v) is 9.04. The second kappa shape index (κ2) is 6.85. The summed E-state index contributed by atoms with van der Waals surface area (Å²) in [4.78, 5) is 16.6. The second-order valence-corrected chi connectivity index (χ2v) is 7.28. The Labute approximate surface area is 154 Å². The maximum absolute atomic E-state index is 13.2. The summed E-state index contributed by atoms with van der Waals surface area (Å²) in [5.41, 5.74) is 0.390. The van der Waals surface area contributed by atoms with Crippen LogP contribution in [0.15, 0.2) is 58.8 Å². The van der Waals surface area contributed by atoms with E-state index in [1.807, 2.05) is 0 Å². The zero-order valence-corrected chi connectivity index (χ0v) is 14.9. The molecule has 1 aliphatic heterocycles. The average Bonchev–Trinajstić information content (AvgIpc) is 2.61. The predicted octanol–water partition coefficient (Wildman–Crippen LogP) is 2.38. The first-order valence-electron chi connectivity index (χ1n) is 7.26. The van der Waals surface area contributed by atoms with Gasteiger partial charge < -0.3 is 5.32 Å². The van der Waals surface area contributed by atoms with Crippen molar-refractivity contribution >= 4 is 39.1 Å². The molecular formula is C16H12ClFN4O3S. The molecule has 0 fully saturated rings. The van der Waals surface area contributed by atoms with Gasteiger partial charge >= 0.3 is 10.2 Å². The summed E-state index contributed by atoms with van der Waals surface area (Å²) in [6.45, 7) is 0. The molecule has 1 aromatic carbocycles. The van der Waals surface area contributed by atoms with Crippen molar-refractivity contribution in [2.24, 2.45) is 4.40 Å². The van der Waals surface area contributed by atoms with Gasteiger partial charge in [-0.25, -0.2) is 8.70 Å². The van der Waals surface area contributed by atoms with Gasteiger partial charge in [-0.2, -0.15) is 8.42 Å². The third-order valence-corrected chi connectivity index (χ3v) is 5.12. The monoisotopic (exact) mass is 394 g/mol. The summed E-state index contributed by atoms with van der Waals surface area (Å²) in [6, 6.07) is 8.54. The Morgan fingerprint density at radius 2 is 2.04 bits per heavy atom. The number of nitrogens with zero attached hydrogens (tertiary/aromatic N) is 3. The first kappa shape index (κ1) is 18.0. The van der Waals surface area contributed by atoms with Crippen LogP contribution in [0.3, 0.4) is 0 Å². The molecule has 10 heteroatoms. The third kappa shape index (κ3) is 3.58. The van der Waals surface area contributed by atoms with Crippen molar-refractivity contribution in [3.05, 3.63) is 70.9 Å². The number of amides is 1. The number of benzene rings is 1. The van der Waals surface area contributed by atoms with Crippen molar-refractivity contribution in [2.45, 2.75) is 0 Å². The predicted molar refractivity (Wildman–Crippen MR) is 95.6 cm³/mol. The highest BCUT2D eigenvalue weighted by molar-refractivity contribution is 7.88. The van der Waals surface area contributed by atoms with Gasteiger partial charge in [-0.15, -0.1) is 4.40 Å². The Bertz CT molecular complexity index is 1040. The van der Waals surface area contributed by atoms with Crippen LogP contribution >= 0.6 is 11.6 Å². The average molecular weight is 395 g/mol. The van der Waals surface area contributed by atoms with Gasteiger partial charge in [0, 0.05) is 18.9 Å². The van der Waals surface area contributed by atoms with Crippen molar-refractivity contribution in [2.75, 3.05) is 12.4 Å². The van der Waals surface area contributed by atoms with Gasteiger partial charge in [0.05, 0.1) is 10.7 Å². The van der Waals surface area contributed by atoms with Crippen molar-refractivity contribution in [1.82, 2.24) is 9.29 Å². The van der Waals surface area contributed by atoms with Gasteiger partial charge in [0.15, 0.2) is 0 Å². The number of rotatable bonds is 3. The third-order valence-electron chi connectivity index (χ3n) is 3.51. The van der Waals surface area contributed by atoms with Gasteiger partial charge in [0.25, 0.3) is 5.91 Å². The van der Waals surface area contributed by atoms with E-state index in [0.717, 1.165) is 10.4 Å². The lowest BCUT2D eigenvalue weighted by molar-refractivity contribution is -0.113. The lowest BCUT2D eigenvalue weighted by atomic mass is 10.2. The van der Waals surface area contributed by atoms with Crippen LogP contribution in [0.25, 0.3) is 0 Å². The standard InChI is InChI=1S/C16H12ClFN4O3S/c1-22-15(16(23)20-10-5-6-12(18)11(17)8-10)9-14(21-26(22,24)25)13-4-2-3-7-19-13/h2-9H,1H3,(H,20,23). The van der Waals surface area contributed by atoms with E-state index in [4.69, 9.17) is 11.6 Å². The molecule has 134 valence electrons. The van der Waals surface area contributed by atoms with Crippen LogP contribution < -0.4 is 5.32 Å². The molecule has 2 aromatic rings. The number of halogens is 2. The minimum absolute atomic E-state index is 0.0333. The molecule has 3 rings (SSSR count). The Hall–Kier alpha value is -2.78. The molecule has 1 amide bonds. The van der Waals surface area contributed by atoms with Gasteiger partial charge in [-0.3, -0.25) is 9.78 Å². The minimum atomic E-state index is -4.09. The zero-order chi connectivity index (χ0) is 18.9. The van der Waals surface area contributed by atoms with Crippen molar-refractivity contribution in [3.8, 4) is 0 Å². The number of carbonyl (C=O) groups excluding carboxylic acids is 1. The summed E-state index contributed by atoms with van der Waals surface area (Å²) < 4.78 is 42.1. The summed E-state index contributed by atoms with van der Waals surface area (Å²) in [5, 5.41) is 2.31. The highest BCUT2D eigenvalue weighted by Crippen LogP contribution is 2.23. The number of allylic oxidation sites excluding steroid dienone is 1. The van der Waals surface area contributed by atoms with Crippen LogP contribution in [-0.4, -0.2) is 36.4 Å². The molecule has 2 heterocycles. The minimum Gasteiger partial charge on any atom is -0.321 e. The smallest absolute Gasteiger partial charge is 0.321 e. The van der Waals surface area contributed by atoms with Gasteiger partial charge in [-0.05, 0) is 36.4 Å². The first-order chi connectivity index (χ1) is 12.3. The number of pyridine rings is 1. The van der Waals surface area contributed by atoms with Gasteiger partial charge in [-0.1, -0.05) is 17.7 Å². The summed E-state index contributed by atoms with van der Waals surface area (Å²) in [6.07, 6.45) is 2.79. The molecule has 1 aromatic heterocycles. The van der Waals surface area contributed by atoms with E-state index in [1.54, 1.807) is 18.2 Å². The molecule has 1 N–H and O–H groups in total. The van der Waals surface area contributed by atoms with E-state index in [2.05, 4.69) is 14.7 Å². The summed E-state index contributed by atoms with van der Waals surface area (Å²) >= 11 is 5.69. The van der Waals surface area contributed by atoms with Crippen molar-refractivity contribution < 1.29 is 17.6 Å². The van der Waals surface area contributed by atoms with Crippen molar-refractivity contribution in [1.29, 1.82) is 0 Å². The highest BCUT2D eigenvalue weighted by atomic mass is 35.5. The lowest BCUT2D eigenvalue weighted by Crippen LogP contribution is -2.35. The fraction of sp³-hybridized carbons (Fsp3) is 0.0625. The Balaban J connectivity index is 1.96. The molecule has 0 spiro atoms. The molecule has 0 saturated heterocycles. The Morgan fingerprint density at radius 1 is 1.27 bits per heavy atom. The topological polar surface area (TPSA) is 91.7 Å². The van der Waals surface area contributed by atoms with Crippen LogP contribution in [0.1, 0.15) is 5.69 Å². The van der Waals surface area contributed by atoms with Crippen LogP contribution in [-0.2, 0) is 15.0 Å². The van der Waals surface area contributed by atoms with Crippen LogP contribution in [0.2, 0.25) is 5.02 Å². The zero-order valence-electron chi connectivity index (χ0n) is 13.3. The molecule has 0 radical (unpaired) electrons. The van der Waals surface area contributed by atoms with E-state index in [9.17, 15) is 17.6 Å². The number of anilines is 1. The number of carbonyl (C=O) groups is 1. The summed E-state index contributed by atoms with van der Waals surface area (Å²) in [7, 11) is -2.89. The SMILES string of the molecule is CN1C(C(=O)Nc2ccc(F)c(Cl)c2)=CC(c2ccccn2)=NS1(=O)=O. The summed E-state index contributed by atoms with van der Waals surface area (Å²) in [5.74, 6) is -1.35. The largest absolute Gasteiger partial charge is 0.345 e. The normalized spacial score (nSPS) is 15.9. The fourth-order valence-electron chi connectivity index (χ4n) is 2.17. The van der Waals surface area contributed by atoms with E-state index in [1.165, 1.54) is 31.5 Å². The molecule has 26 heavy (non-hydrogen) atoms. The van der Waals surface area contributed by atoms with E-state index in [0.29, 0.717) is 5.69 Å². The Morgan fingerprint density at radius 3 is 2.69 bits per heavy atom. The number of hydrogen-bond acceptors (Lipinski definition) is 4. The maximum atomic E-state index is 13.2. The molecule has 0 saturated carbocycles. The van der Waals surface area contributed by atoms with E-state index >= 15 is 0 Å². The molecule has 7 nitrogen and oxygen atoms in total. The molecule has 1 aliphatic rings. The quantitative estimate of drug-likeness (QED) is 0.865. The maximum Gasteiger partial charge on any atom is 0.345 e. The lowest BCUT2D eigenvalue weighted by Gasteiger charge is -2.23. The number of nitrogens with one attached hydrogen (secondary N) is 1. The van der Waals surface area contributed by atoms with E-state index in [-0.39, 0.29) is 22.1 Å². The van der Waals surface area contributed by atoms with Crippen LogP contribution in [0, 0.1) is 5.82 Å². The van der Waals surface area contributed by atoms with Crippen LogP contribution in [0.4, 0.5) is 10.1 Å². The molecule has 0 unspecified atom stereocenters. The molecule has 0 aliphatic carbocycles. The highest BCUT2D eigenvalue weighted by Gasteiger charge is 2.30. The number of hydrogen-bond donors (Lipinski definition) is 1. The van der Waals surface area contributed by atoms with Gasteiger partial charge in [0.1, 0.15) is 17.2 Å². The second-order valence-electron chi connectivity index (χ2n) is 5.25. The van der Waals surface area contributed by atoms with Crippen molar-refractivity contribution in [3.63, 3.8) is 0 Å². The molecular weight excluding hydrogens is 383 g/mol. The van der Waals surface area contributed by atoms with Crippen LogP contribution in [0.5, 0.6) is 0 Å². The van der Waals surface area contributed by atoms with E-state index < -0.39 is 21.9 Å². The van der Waals surface area contributed by atoms with Gasteiger partial charge in [0.2, 0.25) is 0 Å². The number of likely N-dealkylation sites (N-methyl/N-ethyl adjacent to an activating group) is 1. The Kier molecular flexibility index (Phi) is 4.75.